The quantitative estimate of drug-likeness (QED) is 0.762. The summed E-state index contributed by atoms with van der Waals surface area (Å²) in [6.07, 6.45) is 1.05. The molecule has 0 radical (unpaired) electrons. The van der Waals surface area contributed by atoms with Crippen molar-refractivity contribution in [2.75, 3.05) is 18.5 Å². The van der Waals surface area contributed by atoms with Crippen molar-refractivity contribution < 1.29 is 9.90 Å². The van der Waals surface area contributed by atoms with Gasteiger partial charge in [0.2, 0.25) is 0 Å². The van der Waals surface area contributed by atoms with Crippen molar-refractivity contribution in [1.29, 1.82) is 0 Å². The molecular weight excluding hydrogens is 278 g/mol. The molecule has 0 amide bonds. The smallest absolute Gasteiger partial charge is 0.335 e. The molecule has 2 aromatic carbocycles. The fourth-order valence-electron chi connectivity index (χ4n) is 3.09. The molecule has 110 valence electrons. The summed E-state index contributed by atoms with van der Waals surface area (Å²) in [5.41, 5.74) is 5.54. The van der Waals surface area contributed by atoms with Crippen LogP contribution in [0.2, 0.25) is 0 Å². The Labute approximate surface area is 127 Å². The van der Waals surface area contributed by atoms with E-state index in [9.17, 15) is 4.79 Å². The number of carboxylic acids is 1. The topological polar surface area (TPSA) is 69.2 Å². The van der Waals surface area contributed by atoms with Crippen LogP contribution < -0.4 is 4.90 Å². The normalized spacial score (nSPS) is 13.6. The molecule has 22 heavy (non-hydrogen) atoms. The van der Waals surface area contributed by atoms with Gasteiger partial charge in [-0.05, 0) is 42.3 Å². The molecule has 0 spiro atoms. The van der Waals surface area contributed by atoms with Crippen molar-refractivity contribution in [1.82, 2.24) is 10.2 Å². The van der Waals surface area contributed by atoms with Crippen LogP contribution in [0.4, 0.5) is 5.69 Å². The number of likely N-dealkylation sites (N-methyl/N-ethyl adjacent to an activating group) is 1. The third kappa shape index (κ3) is 1.86. The molecule has 0 atom stereocenters. The summed E-state index contributed by atoms with van der Waals surface area (Å²) >= 11 is 0. The standard InChI is InChI=1S/C17H15N3O2/c1-20-7-6-10-8-11(3-5-15(10)20)16-13-4-2-12(17(21)22)9-14(13)18-19-16/h2-5,8-9H,6-7H2,1H3,(H,18,19)(H,21,22). The van der Waals surface area contributed by atoms with Gasteiger partial charge in [-0.25, -0.2) is 4.79 Å². The molecule has 0 aliphatic carbocycles. The summed E-state index contributed by atoms with van der Waals surface area (Å²) in [5.74, 6) is -0.932. The number of fused-ring (bicyclic) bond motifs is 2. The van der Waals surface area contributed by atoms with Gasteiger partial charge in [0.05, 0.1) is 16.8 Å². The highest BCUT2D eigenvalue weighted by molar-refractivity contribution is 5.98. The van der Waals surface area contributed by atoms with Crippen molar-refractivity contribution in [2.24, 2.45) is 0 Å². The van der Waals surface area contributed by atoms with Crippen LogP contribution in [-0.2, 0) is 6.42 Å². The number of anilines is 1. The Kier molecular flexibility index (Phi) is 2.69. The van der Waals surface area contributed by atoms with E-state index in [1.807, 2.05) is 6.07 Å². The summed E-state index contributed by atoms with van der Waals surface area (Å²) in [7, 11) is 2.10. The molecule has 4 rings (SSSR count). The average molecular weight is 293 g/mol. The Morgan fingerprint density at radius 3 is 2.95 bits per heavy atom. The summed E-state index contributed by atoms with van der Waals surface area (Å²) in [5, 5.41) is 17.3. The van der Waals surface area contributed by atoms with E-state index in [2.05, 4.69) is 40.3 Å². The number of hydrogen-bond acceptors (Lipinski definition) is 3. The van der Waals surface area contributed by atoms with Crippen LogP contribution in [0.25, 0.3) is 22.2 Å². The zero-order valence-corrected chi connectivity index (χ0v) is 12.1. The highest BCUT2D eigenvalue weighted by Gasteiger charge is 2.18. The van der Waals surface area contributed by atoms with E-state index in [-0.39, 0.29) is 5.56 Å². The zero-order valence-electron chi connectivity index (χ0n) is 12.1. The van der Waals surface area contributed by atoms with Gasteiger partial charge in [-0.1, -0.05) is 6.07 Å². The molecule has 2 N–H and O–H groups in total. The largest absolute Gasteiger partial charge is 0.478 e. The van der Waals surface area contributed by atoms with Crippen LogP contribution in [-0.4, -0.2) is 34.9 Å². The molecule has 0 bridgehead atoms. The van der Waals surface area contributed by atoms with Crippen LogP contribution in [0.15, 0.2) is 36.4 Å². The van der Waals surface area contributed by atoms with Gasteiger partial charge in [-0.15, -0.1) is 0 Å². The Morgan fingerprint density at radius 1 is 1.27 bits per heavy atom. The van der Waals surface area contributed by atoms with Crippen molar-refractivity contribution in [3.05, 3.63) is 47.5 Å². The summed E-state index contributed by atoms with van der Waals surface area (Å²) in [6.45, 7) is 1.04. The monoisotopic (exact) mass is 293 g/mol. The van der Waals surface area contributed by atoms with Gasteiger partial charge >= 0.3 is 5.97 Å². The predicted molar refractivity (Wildman–Crippen MR) is 85.5 cm³/mol. The molecule has 0 saturated carbocycles. The molecule has 0 fully saturated rings. The number of rotatable bonds is 2. The maximum absolute atomic E-state index is 11.0. The highest BCUT2D eigenvalue weighted by atomic mass is 16.4. The number of nitrogens with zero attached hydrogens (tertiary/aromatic N) is 2. The minimum absolute atomic E-state index is 0.262. The zero-order chi connectivity index (χ0) is 15.3. The SMILES string of the molecule is CN1CCc2cc(-c3n[nH]c4cc(C(=O)O)ccc34)ccc21. The number of aromatic carboxylic acids is 1. The highest BCUT2D eigenvalue weighted by Crippen LogP contribution is 2.33. The number of H-pyrrole nitrogens is 1. The Hall–Kier alpha value is -2.82. The molecule has 1 aliphatic rings. The number of aromatic amines is 1. The summed E-state index contributed by atoms with van der Waals surface area (Å²) in [6, 6.07) is 11.4. The molecule has 0 unspecified atom stereocenters. The number of benzene rings is 2. The third-order valence-electron chi connectivity index (χ3n) is 4.29. The molecule has 5 heteroatoms. The van der Waals surface area contributed by atoms with E-state index < -0.39 is 5.97 Å². The lowest BCUT2D eigenvalue weighted by atomic mass is 10.0. The van der Waals surface area contributed by atoms with Crippen LogP contribution in [0, 0.1) is 0 Å². The fraction of sp³-hybridized carbons (Fsp3) is 0.176. The van der Waals surface area contributed by atoms with Crippen molar-refractivity contribution in [2.45, 2.75) is 6.42 Å². The maximum atomic E-state index is 11.0. The first-order valence-electron chi connectivity index (χ1n) is 7.19. The lowest BCUT2D eigenvalue weighted by Gasteiger charge is -2.11. The van der Waals surface area contributed by atoms with Crippen molar-refractivity contribution >= 4 is 22.6 Å². The van der Waals surface area contributed by atoms with Crippen molar-refractivity contribution in [3.63, 3.8) is 0 Å². The molecule has 5 nitrogen and oxygen atoms in total. The van der Waals surface area contributed by atoms with Gasteiger partial charge in [0.25, 0.3) is 0 Å². The van der Waals surface area contributed by atoms with E-state index in [1.165, 1.54) is 11.3 Å². The van der Waals surface area contributed by atoms with Crippen LogP contribution in [0.3, 0.4) is 0 Å². The first kappa shape index (κ1) is 12.9. The fourth-order valence-corrected chi connectivity index (χ4v) is 3.09. The lowest BCUT2D eigenvalue weighted by Crippen LogP contribution is -2.12. The van der Waals surface area contributed by atoms with Crippen molar-refractivity contribution in [3.8, 4) is 11.3 Å². The maximum Gasteiger partial charge on any atom is 0.335 e. The molecule has 1 aliphatic heterocycles. The minimum Gasteiger partial charge on any atom is -0.478 e. The van der Waals surface area contributed by atoms with E-state index in [0.29, 0.717) is 0 Å². The summed E-state index contributed by atoms with van der Waals surface area (Å²) in [4.78, 5) is 13.3. The van der Waals surface area contributed by atoms with E-state index in [0.717, 1.165) is 35.1 Å². The molecule has 3 aromatic rings. The van der Waals surface area contributed by atoms with Gasteiger partial charge in [-0.3, -0.25) is 5.10 Å². The molecule has 1 aromatic heterocycles. The predicted octanol–water partition coefficient (Wildman–Crippen LogP) is 2.92. The van der Waals surface area contributed by atoms with E-state index in [4.69, 9.17) is 5.11 Å². The number of nitrogens with one attached hydrogen (secondary N) is 1. The first-order chi connectivity index (χ1) is 10.6. The van der Waals surface area contributed by atoms with Gasteiger partial charge in [0.15, 0.2) is 0 Å². The average Bonchev–Trinajstić information content (AvgIpc) is 3.10. The van der Waals surface area contributed by atoms with Gasteiger partial charge in [-0.2, -0.15) is 5.10 Å². The summed E-state index contributed by atoms with van der Waals surface area (Å²) < 4.78 is 0. The molecular formula is C17H15N3O2. The van der Waals surface area contributed by atoms with Crippen LogP contribution in [0.5, 0.6) is 0 Å². The lowest BCUT2D eigenvalue weighted by molar-refractivity contribution is 0.0697. The van der Waals surface area contributed by atoms with Crippen LogP contribution in [0.1, 0.15) is 15.9 Å². The second-order valence-corrected chi connectivity index (χ2v) is 5.65. The van der Waals surface area contributed by atoms with Gasteiger partial charge in [0, 0.05) is 30.2 Å². The second-order valence-electron chi connectivity index (χ2n) is 5.65. The minimum atomic E-state index is -0.932. The number of carbonyl (C=O) groups is 1. The van der Waals surface area contributed by atoms with Crippen LogP contribution >= 0.6 is 0 Å². The van der Waals surface area contributed by atoms with E-state index >= 15 is 0 Å². The number of aromatic nitrogens is 2. The number of hydrogen-bond donors (Lipinski definition) is 2. The second kappa shape index (κ2) is 4.59. The van der Waals surface area contributed by atoms with Gasteiger partial charge in [0.1, 0.15) is 0 Å². The molecule has 2 heterocycles. The van der Waals surface area contributed by atoms with Gasteiger partial charge < -0.3 is 10.0 Å². The van der Waals surface area contributed by atoms with E-state index in [1.54, 1.807) is 12.1 Å². The Morgan fingerprint density at radius 2 is 2.14 bits per heavy atom. The third-order valence-corrected chi connectivity index (χ3v) is 4.29. The molecule has 0 saturated heterocycles. The number of carboxylic acid groups (broad SMARTS) is 1. The Bertz CT molecular complexity index is 898. The first-order valence-corrected chi connectivity index (χ1v) is 7.19. The Balaban J connectivity index is 1.83.